The van der Waals surface area contributed by atoms with Gasteiger partial charge in [-0.15, -0.1) is 0 Å². The van der Waals surface area contributed by atoms with Crippen molar-refractivity contribution in [2.24, 2.45) is 5.92 Å². The summed E-state index contributed by atoms with van der Waals surface area (Å²) >= 11 is 3.66. The molecule has 0 atom stereocenters. The van der Waals surface area contributed by atoms with Gasteiger partial charge in [0.05, 0.1) is 0 Å². The maximum Gasteiger partial charge on any atom is 0.148 e. The summed E-state index contributed by atoms with van der Waals surface area (Å²) in [4.78, 5) is 11.2. The lowest BCUT2D eigenvalue weighted by Gasteiger charge is -2.26. The molecule has 1 fully saturated rings. The number of hydrogen-bond donors (Lipinski definition) is 1. The van der Waals surface area contributed by atoms with E-state index in [0.29, 0.717) is 6.04 Å². The maximum absolute atomic E-state index is 4.49. The largest absolute Gasteiger partial charge is 0.369 e. The van der Waals surface area contributed by atoms with Gasteiger partial charge in [0.2, 0.25) is 0 Å². The molecule has 1 heterocycles. The van der Waals surface area contributed by atoms with E-state index < -0.39 is 0 Å². The molecule has 0 unspecified atom stereocenters. The highest BCUT2D eigenvalue weighted by atomic mass is 79.9. The zero-order valence-corrected chi connectivity index (χ0v) is 13.6. The number of nitrogens with one attached hydrogen (secondary N) is 1. The van der Waals surface area contributed by atoms with Gasteiger partial charge in [-0.3, -0.25) is 0 Å². The fraction of sp³-hybridized carbons (Fsp3) is 0.714. The van der Waals surface area contributed by atoms with E-state index in [4.69, 9.17) is 0 Å². The van der Waals surface area contributed by atoms with Gasteiger partial charge in [-0.25, -0.2) is 9.97 Å². The minimum Gasteiger partial charge on any atom is -0.369 e. The van der Waals surface area contributed by atoms with Crippen LogP contribution in [-0.2, 0) is 0 Å². The second kappa shape index (κ2) is 6.55. The summed E-state index contributed by atoms with van der Waals surface area (Å²) in [7, 11) is 0. The van der Waals surface area contributed by atoms with Gasteiger partial charge in [-0.05, 0) is 48.0 Å². The van der Waals surface area contributed by atoms with Crippen LogP contribution in [0.25, 0.3) is 0 Å². The molecule has 0 amide bonds. The van der Waals surface area contributed by atoms with Crippen molar-refractivity contribution < 1.29 is 0 Å². The summed E-state index contributed by atoms with van der Waals surface area (Å²) in [6, 6.07) is 0.666. The fourth-order valence-electron chi connectivity index (χ4n) is 2.10. The van der Waals surface area contributed by atoms with E-state index in [1.807, 2.05) is 0 Å². The Morgan fingerprint density at radius 3 is 2.74 bits per heavy atom. The standard InChI is InChI=1S/C14H23BrN4/c1-4-16-13-12(15)14(18-9-17-13)19(11-5-6-11)8-7-10(2)3/h9-11H,4-8H2,1-3H3,(H,16,17,18). The van der Waals surface area contributed by atoms with Crippen molar-refractivity contribution >= 4 is 27.6 Å². The monoisotopic (exact) mass is 326 g/mol. The van der Waals surface area contributed by atoms with Crippen LogP contribution in [0.15, 0.2) is 10.8 Å². The molecular weight excluding hydrogens is 304 g/mol. The van der Waals surface area contributed by atoms with E-state index in [2.05, 4.69) is 56.9 Å². The average molecular weight is 327 g/mol. The second-order valence-corrected chi connectivity index (χ2v) is 6.29. The molecule has 1 aliphatic rings. The van der Waals surface area contributed by atoms with E-state index in [1.54, 1.807) is 6.33 Å². The van der Waals surface area contributed by atoms with Crippen LogP contribution < -0.4 is 10.2 Å². The molecule has 5 heteroatoms. The van der Waals surface area contributed by atoms with Gasteiger partial charge < -0.3 is 10.2 Å². The van der Waals surface area contributed by atoms with Crippen LogP contribution >= 0.6 is 15.9 Å². The van der Waals surface area contributed by atoms with Crippen molar-refractivity contribution in [3.05, 3.63) is 10.8 Å². The Morgan fingerprint density at radius 1 is 1.42 bits per heavy atom. The Balaban J connectivity index is 2.18. The summed E-state index contributed by atoms with van der Waals surface area (Å²) in [5, 5.41) is 3.27. The number of halogens is 1. The first-order valence-electron chi connectivity index (χ1n) is 7.14. The zero-order chi connectivity index (χ0) is 13.8. The third-order valence-electron chi connectivity index (χ3n) is 3.32. The van der Waals surface area contributed by atoms with Crippen molar-refractivity contribution in [1.82, 2.24) is 9.97 Å². The Kier molecular flexibility index (Phi) is 5.02. The maximum atomic E-state index is 4.49. The van der Waals surface area contributed by atoms with Crippen LogP contribution in [0.4, 0.5) is 11.6 Å². The molecule has 0 aromatic carbocycles. The Bertz CT molecular complexity index is 418. The van der Waals surface area contributed by atoms with Gasteiger partial charge in [0, 0.05) is 19.1 Å². The topological polar surface area (TPSA) is 41.1 Å². The summed E-state index contributed by atoms with van der Waals surface area (Å²) in [6.07, 6.45) is 5.42. The highest BCUT2D eigenvalue weighted by Gasteiger charge is 2.31. The van der Waals surface area contributed by atoms with Gasteiger partial charge in [0.15, 0.2) is 0 Å². The van der Waals surface area contributed by atoms with Crippen molar-refractivity contribution in [3.8, 4) is 0 Å². The molecule has 0 saturated heterocycles. The van der Waals surface area contributed by atoms with Crippen LogP contribution in [-0.4, -0.2) is 29.1 Å². The zero-order valence-electron chi connectivity index (χ0n) is 12.0. The number of nitrogens with zero attached hydrogens (tertiary/aromatic N) is 3. The third kappa shape index (κ3) is 3.81. The molecule has 0 spiro atoms. The highest BCUT2D eigenvalue weighted by molar-refractivity contribution is 9.10. The SMILES string of the molecule is CCNc1ncnc(N(CCC(C)C)C2CC2)c1Br. The summed E-state index contributed by atoms with van der Waals surface area (Å²) < 4.78 is 0.993. The molecule has 4 nitrogen and oxygen atoms in total. The number of aromatic nitrogens is 2. The number of rotatable bonds is 7. The summed E-state index contributed by atoms with van der Waals surface area (Å²) in [5.74, 6) is 2.65. The van der Waals surface area contributed by atoms with E-state index in [1.165, 1.54) is 19.3 Å². The molecule has 1 aromatic rings. The molecule has 2 rings (SSSR count). The van der Waals surface area contributed by atoms with E-state index in [0.717, 1.165) is 35.1 Å². The van der Waals surface area contributed by atoms with Crippen molar-refractivity contribution in [2.45, 2.75) is 46.1 Å². The minimum atomic E-state index is 0.666. The Labute approximate surface area is 124 Å². The normalized spacial score (nSPS) is 14.8. The van der Waals surface area contributed by atoms with Gasteiger partial charge in [0.1, 0.15) is 22.4 Å². The van der Waals surface area contributed by atoms with Gasteiger partial charge in [-0.1, -0.05) is 13.8 Å². The Hall–Kier alpha value is -0.840. The lowest BCUT2D eigenvalue weighted by Crippen LogP contribution is -2.29. The lowest BCUT2D eigenvalue weighted by atomic mass is 10.1. The van der Waals surface area contributed by atoms with E-state index >= 15 is 0 Å². The fourth-order valence-corrected chi connectivity index (χ4v) is 2.67. The molecular formula is C14H23BrN4. The number of hydrogen-bond acceptors (Lipinski definition) is 4. The molecule has 19 heavy (non-hydrogen) atoms. The van der Waals surface area contributed by atoms with Crippen LogP contribution in [0.2, 0.25) is 0 Å². The van der Waals surface area contributed by atoms with E-state index in [-0.39, 0.29) is 0 Å². The first-order chi connectivity index (χ1) is 9.13. The predicted octanol–water partition coefficient (Wildman–Crippen LogP) is 3.69. The first-order valence-corrected chi connectivity index (χ1v) is 7.93. The molecule has 0 aliphatic heterocycles. The van der Waals surface area contributed by atoms with Crippen LogP contribution in [0.1, 0.15) is 40.0 Å². The molecule has 1 N–H and O–H groups in total. The molecule has 1 aromatic heterocycles. The van der Waals surface area contributed by atoms with Gasteiger partial charge >= 0.3 is 0 Å². The van der Waals surface area contributed by atoms with Crippen molar-refractivity contribution in [1.29, 1.82) is 0 Å². The first kappa shape index (κ1) is 14.6. The highest BCUT2D eigenvalue weighted by Crippen LogP contribution is 2.37. The van der Waals surface area contributed by atoms with Crippen LogP contribution in [0.3, 0.4) is 0 Å². The van der Waals surface area contributed by atoms with Crippen LogP contribution in [0.5, 0.6) is 0 Å². The third-order valence-corrected chi connectivity index (χ3v) is 4.05. The minimum absolute atomic E-state index is 0.666. The van der Waals surface area contributed by atoms with E-state index in [9.17, 15) is 0 Å². The second-order valence-electron chi connectivity index (χ2n) is 5.50. The van der Waals surface area contributed by atoms with Crippen LogP contribution in [0, 0.1) is 5.92 Å². The Morgan fingerprint density at radius 2 is 2.16 bits per heavy atom. The van der Waals surface area contributed by atoms with Gasteiger partial charge in [-0.2, -0.15) is 0 Å². The quantitative estimate of drug-likeness (QED) is 0.829. The average Bonchev–Trinajstić information content (AvgIpc) is 3.18. The molecule has 1 saturated carbocycles. The molecule has 1 aliphatic carbocycles. The lowest BCUT2D eigenvalue weighted by molar-refractivity contribution is 0.568. The predicted molar refractivity (Wildman–Crippen MR) is 83.7 cm³/mol. The summed E-state index contributed by atoms with van der Waals surface area (Å²) in [5.41, 5.74) is 0. The van der Waals surface area contributed by atoms with Crippen molar-refractivity contribution in [3.63, 3.8) is 0 Å². The summed E-state index contributed by atoms with van der Waals surface area (Å²) in [6.45, 7) is 8.55. The smallest absolute Gasteiger partial charge is 0.148 e. The molecule has 0 radical (unpaired) electrons. The molecule has 0 bridgehead atoms. The van der Waals surface area contributed by atoms with Crippen molar-refractivity contribution in [2.75, 3.05) is 23.3 Å². The number of anilines is 2. The van der Waals surface area contributed by atoms with Gasteiger partial charge in [0.25, 0.3) is 0 Å². The molecule has 106 valence electrons.